The van der Waals surface area contributed by atoms with Crippen molar-refractivity contribution in [1.29, 1.82) is 0 Å². The molecule has 0 aliphatic heterocycles. The van der Waals surface area contributed by atoms with Crippen LogP contribution in [0.4, 0.5) is 11.6 Å². The molecule has 6 nitrogen and oxygen atoms in total. The van der Waals surface area contributed by atoms with Crippen molar-refractivity contribution in [1.82, 2.24) is 9.97 Å². The second-order valence-corrected chi connectivity index (χ2v) is 5.48. The highest BCUT2D eigenvalue weighted by atomic mass is 16.5. The fraction of sp³-hybridized carbons (Fsp3) is 0.167. The van der Waals surface area contributed by atoms with Gasteiger partial charge in [-0.15, -0.1) is 0 Å². The third-order valence-electron chi connectivity index (χ3n) is 3.63. The van der Waals surface area contributed by atoms with Crippen LogP contribution < -0.4 is 15.8 Å². The van der Waals surface area contributed by atoms with Crippen LogP contribution in [0.1, 0.15) is 11.3 Å². The molecule has 0 aliphatic rings. The van der Waals surface area contributed by atoms with E-state index in [1.54, 1.807) is 7.11 Å². The first kappa shape index (κ1) is 15.7. The molecule has 122 valence electrons. The lowest BCUT2D eigenvalue weighted by atomic mass is 10.2. The number of rotatable bonds is 3. The molecule has 0 amide bonds. The van der Waals surface area contributed by atoms with Gasteiger partial charge in [-0.05, 0) is 44.2 Å². The molecule has 0 fully saturated rings. The van der Waals surface area contributed by atoms with Crippen molar-refractivity contribution >= 4 is 28.5 Å². The number of nitrogens with one attached hydrogen (secondary N) is 1. The van der Waals surface area contributed by atoms with Crippen molar-refractivity contribution in [2.75, 3.05) is 12.4 Å². The number of benzene rings is 2. The van der Waals surface area contributed by atoms with Crippen LogP contribution >= 0.6 is 0 Å². The molecule has 6 heteroatoms. The van der Waals surface area contributed by atoms with Gasteiger partial charge >= 0.3 is 0 Å². The zero-order chi connectivity index (χ0) is 17.1. The third-order valence-corrected chi connectivity index (χ3v) is 3.63. The highest BCUT2D eigenvalue weighted by molar-refractivity contribution is 5.94. The molecule has 0 saturated heterocycles. The number of methoxy groups -OCH3 is 1. The number of guanidine groups is 1. The van der Waals surface area contributed by atoms with Gasteiger partial charge in [0.15, 0.2) is 0 Å². The first-order valence-corrected chi connectivity index (χ1v) is 7.55. The quantitative estimate of drug-likeness (QED) is 0.571. The Kier molecular flexibility index (Phi) is 4.29. The van der Waals surface area contributed by atoms with Gasteiger partial charge in [0.05, 0.1) is 18.3 Å². The zero-order valence-corrected chi connectivity index (χ0v) is 13.9. The lowest BCUT2D eigenvalue weighted by Gasteiger charge is -2.07. The number of hydrogen-bond acceptors (Lipinski definition) is 4. The van der Waals surface area contributed by atoms with Crippen LogP contribution in [0.3, 0.4) is 0 Å². The van der Waals surface area contributed by atoms with Gasteiger partial charge in [0.1, 0.15) is 5.75 Å². The molecule has 3 N–H and O–H groups in total. The van der Waals surface area contributed by atoms with E-state index in [0.29, 0.717) is 5.95 Å². The summed E-state index contributed by atoms with van der Waals surface area (Å²) in [7, 11) is 1.63. The number of nitrogens with zero attached hydrogens (tertiary/aromatic N) is 3. The Morgan fingerprint density at radius 2 is 1.83 bits per heavy atom. The van der Waals surface area contributed by atoms with Crippen molar-refractivity contribution in [3.8, 4) is 5.75 Å². The summed E-state index contributed by atoms with van der Waals surface area (Å²) in [5.41, 5.74) is 9.62. The van der Waals surface area contributed by atoms with Crippen molar-refractivity contribution in [3.05, 3.63) is 53.7 Å². The standard InChI is InChI=1S/C18H19N5O/c1-11-4-6-13(7-5-11)21-17(19)23-18-20-12(2)15-10-14(24-3)8-9-16(15)22-18/h4-10H,1-3H3,(H3,19,20,21,22,23). The summed E-state index contributed by atoms with van der Waals surface area (Å²) in [6, 6.07) is 13.5. The van der Waals surface area contributed by atoms with Crippen LogP contribution in [-0.2, 0) is 0 Å². The Morgan fingerprint density at radius 1 is 1.08 bits per heavy atom. The van der Waals surface area contributed by atoms with Gasteiger partial charge in [-0.25, -0.2) is 9.97 Å². The van der Waals surface area contributed by atoms with E-state index in [9.17, 15) is 0 Å². The fourth-order valence-corrected chi connectivity index (χ4v) is 2.34. The van der Waals surface area contributed by atoms with Crippen LogP contribution in [-0.4, -0.2) is 23.0 Å². The molecule has 0 atom stereocenters. The minimum absolute atomic E-state index is 0.242. The first-order valence-electron chi connectivity index (χ1n) is 7.55. The maximum Gasteiger partial charge on any atom is 0.253 e. The molecule has 24 heavy (non-hydrogen) atoms. The second-order valence-electron chi connectivity index (χ2n) is 5.48. The molecule has 0 unspecified atom stereocenters. The molecule has 0 aliphatic carbocycles. The number of hydrogen-bond donors (Lipinski definition) is 2. The highest BCUT2D eigenvalue weighted by Gasteiger charge is 2.06. The predicted octanol–water partition coefficient (Wildman–Crippen LogP) is 3.31. The molecule has 2 aromatic carbocycles. The first-order chi connectivity index (χ1) is 11.5. The van der Waals surface area contributed by atoms with Gasteiger partial charge in [-0.3, -0.25) is 0 Å². The smallest absolute Gasteiger partial charge is 0.253 e. The Balaban J connectivity index is 1.89. The van der Waals surface area contributed by atoms with Gasteiger partial charge in [0.2, 0.25) is 5.96 Å². The minimum Gasteiger partial charge on any atom is -0.497 e. The highest BCUT2D eigenvalue weighted by Crippen LogP contribution is 2.23. The number of ether oxygens (including phenoxy) is 1. The summed E-state index contributed by atoms with van der Waals surface area (Å²) < 4.78 is 5.23. The van der Waals surface area contributed by atoms with Crippen LogP contribution in [0.5, 0.6) is 5.75 Å². The summed E-state index contributed by atoms with van der Waals surface area (Å²) in [6.07, 6.45) is 0. The van der Waals surface area contributed by atoms with E-state index in [-0.39, 0.29) is 5.96 Å². The summed E-state index contributed by atoms with van der Waals surface area (Å²) in [5.74, 6) is 1.33. The molecule has 0 spiro atoms. The lowest BCUT2D eigenvalue weighted by molar-refractivity contribution is 0.415. The average molecular weight is 321 g/mol. The minimum atomic E-state index is 0.242. The maximum absolute atomic E-state index is 5.95. The second kappa shape index (κ2) is 6.54. The number of aryl methyl sites for hydroxylation is 2. The Morgan fingerprint density at radius 3 is 2.54 bits per heavy atom. The van der Waals surface area contributed by atoms with E-state index in [4.69, 9.17) is 10.5 Å². The van der Waals surface area contributed by atoms with Gasteiger partial charge in [0, 0.05) is 11.1 Å². The van der Waals surface area contributed by atoms with Gasteiger partial charge < -0.3 is 15.8 Å². The van der Waals surface area contributed by atoms with Gasteiger partial charge in [0.25, 0.3) is 5.95 Å². The fourth-order valence-electron chi connectivity index (χ4n) is 2.34. The Hall–Kier alpha value is -3.15. The SMILES string of the molecule is COc1ccc2nc(N=C(N)Nc3ccc(C)cc3)nc(C)c2c1. The number of anilines is 1. The summed E-state index contributed by atoms with van der Waals surface area (Å²) in [6.45, 7) is 3.94. The molecule has 3 aromatic rings. The zero-order valence-electron chi connectivity index (χ0n) is 13.9. The topological polar surface area (TPSA) is 85.4 Å². The molecule has 1 aromatic heterocycles. The van der Waals surface area contributed by atoms with Crippen molar-refractivity contribution < 1.29 is 4.74 Å². The van der Waals surface area contributed by atoms with E-state index in [1.165, 1.54) is 5.56 Å². The van der Waals surface area contributed by atoms with E-state index < -0.39 is 0 Å². The number of aromatic nitrogens is 2. The van der Waals surface area contributed by atoms with Crippen LogP contribution in [0.2, 0.25) is 0 Å². The number of aliphatic imine (C=N–C) groups is 1. The summed E-state index contributed by atoms with van der Waals surface area (Å²) in [4.78, 5) is 13.1. The maximum atomic E-state index is 5.95. The van der Waals surface area contributed by atoms with Gasteiger partial charge in [-0.2, -0.15) is 4.99 Å². The molecule has 1 heterocycles. The number of fused-ring (bicyclic) bond motifs is 1. The monoisotopic (exact) mass is 321 g/mol. The molecule has 0 bridgehead atoms. The Bertz CT molecular complexity index is 903. The molecular formula is C18H19N5O. The van der Waals surface area contributed by atoms with E-state index in [2.05, 4.69) is 20.3 Å². The number of nitrogens with two attached hydrogens (primary N) is 1. The lowest BCUT2D eigenvalue weighted by Crippen LogP contribution is -2.22. The van der Waals surface area contributed by atoms with Gasteiger partial charge in [-0.1, -0.05) is 17.7 Å². The predicted molar refractivity (Wildman–Crippen MR) is 96.9 cm³/mol. The van der Waals surface area contributed by atoms with Crippen molar-refractivity contribution in [3.63, 3.8) is 0 Å². The normalized spacial score (nSPS) is 11.5. The van der Waals surface area contributed by atoms with Crippen LogP contribution in [0, 0.1) is 13.8 Å². The van der Waals surface area contributed by atoms with Crippen LogP contribution in [0.15, 0.2) is 47.5 Å². The van der Waals surface area contributed by atoms with E-state index in [1.807, 2.05) is 56.3 Å². The van der Waals surface area contributed by atoms with Crippen molar-refractivity contribution in [2.45, 2.75) is 13.8 Å². The Labute approximate surface area is 140 Å². The van der Waals surface area contributed by atoms with E-state index in [0.717, 1.165) is 28.0 Å². The average Bonchev–Trinajstić information content (AvgIpc) is 2.56. The third kappa shape index (κ3) is 3.43. The van der Waals surface area contributed by atoms with Crippen LogP contribution in [0.25, 0.3) is 10.9 Å². The molecule has 3 rings (SSSR count). The molecule has 0 radical (unpaired) electrons. The molecule has 0 saturated carbocycles. The largest absolute Gasteiger partial charge is 0.497 e. The van der Waals surface area contributed by atoms with Crippen molar-refractivity contribution in [2.24, 2.45) is 10.7 Å². The summed E-state index contributed by atoms with van der Waals surface area (Å²) >= 11 is 0. The molecular weight excluding hydrogens is 302 g/mol. The summed E-state index contributed by atoms with van der Waals surface area (Å²) in [5, 5.41) is 3.96. The van der Waals surface area contributed by atoms with E-state index >= 15 is 0 Å².